The Morgan fingerprint density at radius 1 is 0.571 bits per heavy atom. The molecule has 1 unspecified atom stereocenters. The third-order valence-corrected chi connectivity index (χ3v) is 10.2. The highest BCUT2D eigenvalue weighted by atomic mass is 32.7. The molecule has 5 N–H and O–H groups in total. The SMILES string of the molecule is C#CCOCCOCCNC(=O)CCC(CCC(=O)NCCOCCOCC#C)(CCC(=O)NCCOCCOCC#C)NC(=O)CCCCOP(=O)(O)SC. The van der Waals surface area contributed by atoms with Crippen LogP contribution in [0.25, 0.3) is 0 Å². The molecule has 0 spiro atoms. The minimum Gasteiger partial charge on any atom is -0.377 e. The average Bonchev–Trinajstić information content (AvgIpc) is 3.18. The number of carbonyl (C=O) groups excluding carboxylic acids is 4. The maximum atomic E-state index is 13.3. The molecule has 19 heteroatoms. The van der Waals surface area contributed by atoms with E-state index >= 15 is 0 Å². The van der Waals surface area contributed by atoms with Crippen molar-refractivity contribution in [1.29, 1.82) is 0 Å². The summed E-state index contributed by atoms with van der Waals surface area (Å²) in [5.41, 5.74) is -1.13. The summed E-state index contributed by atoms with van der Waals surface area (Å²) < 4.78 is 48.5. The van der Waals surface area contributed by atoms with E-state index in [-0.39, 0.29) is 134 Å². The summed E-state index contributed by atoms with van der Waals surface area (Å²) >= 11 is 0.712. The number of amides is 4. The number of rotatable bonds is 38. The van der Waals surface area contributed by atoms with Gasteiger partial charge in [-0.2, -0.15) is 0 Å². The summed E-state index contributed by atoms with van der Waals surface area (Å²) in [7, 11) is 0. The molecule has 0 rings (SSSR count). The fourth-order valence-electron chi connectivity index (χ4n) is 4.71. The molecule has 1 atom stereocenters. The quantitative estimate of drug-likeness (QED) is 0.0336. The predicted molar refractivity (Wildman–Crippen MR) is 212 cm³/mol. The Balaban J connectivity index is 5.58. The summed E-state index contributed by atoms with van der Waals surface area (Å²) in [5, 5.41) is 11.4. The second-order valence-electron chi connectivity index (χ2n) is 11.9. The van der Waals surface area contributed by atoms with Crippen LogP contribution in [0.5, 0.6) is 0 Å². The molecule has 56 heavy (non-hydrogen) atoms. The van der Waals surface area contributed by atoms with E-state index in [0.29, 0.717) is 63.9 Å². The van der Waals surface area contributed by atoms with Gasteiger partial charge in [0.15, 0.2) is 0 Å². The molecule has 0 saturated heterocycles. The summed E-state index contributed by atoms with van der Waals surface area (Å²) in [6.45, 7) is 0.0603. The molecule has 0 aliphatic carbocycles. The van der Waals surface area contributed by atoms with Crippen molar-refractivity contribution in [2.24, 2.45) is 0 Å². The van der Waals surface area contributed by atoms with Crippen LogP contribution in [0.2, 0.25) is 0 Å². The molecule has 0 heterocycles. The molecule has 0 aromatic heterocycles. The van der Waals surface area contributed by atoms with E-state index in [0.717, 1.165) is 0 Å². The fourth-order valence-corrected chi connectivity index (χ4v) is 5.71. The van der Waals surface area contributed by atoms with Crippen molar-refractivity contribution in [2.45, 2.75) is 63.3 Å². The van der Waals surface area contributed by atoms with Crippen molar-refractivity contribution in [1.82, 2.24) is 21.3 Å². The van der Waals surface area contributed by atoms with Crippen molar-refractivity contribution in [2.75, 3.05) is 112 Å². The topological polar surface area (TPSA) is 218 Å². The van der Waals surface area contributed by atoms with E-state index in [1.54, 1.807) is 0 Å². The Hall–Kier alpha value is -3.18. The Labute approximate surface area is 336 Å². The Morgan fingerprint density at radius 3 is 1.30 bits per heavy atom. The minimum absolute atomic E-state index is 0.0154. The first-order valence-corrected chi connectivity index (χ1v) is 21.8. The maximum absolute atomic E-state index is 13.3. The zero-order valence-electron chi connectivity index (χ0n) is 32.6. The van der Waals surface area contributed by atoms with Gasteiger partial charge in [0, 0.05) is 50.9 Å². The number of nitrogens with one attached hydrogen (secondary N) is 4. The van der Waals surface area contributed by atoms with E-state index < -0.39 is 12.3 Å². The van der Waals surface area contributed by atoms with Crippen LogP contribution < -0.4 is 21.3 Å². The van der Waals surface area contributed by atoms with Crippen LogP contribution in [-0.2, 0) is 56.7 Å². The number of ether oxygens (including phenoxy) is 6. The monoisotopic (exact) mass is 832 g/mol. The largest absolute Gasteiger partial charge is 0.386 e. The first kappa shape index (κ1) is 52.8. The second-order valence-corrected chi connectivity index (χ2v) is 16.0. The van der Waals surface area contributed by atoms with Crippen molar-refractivity contribution >= 4 is 41.8 Å². The summed E-state index contributed by atoms with van der Waals surface area (Å²) in [6.07, 6.45) is 17.9. The first-order valence-electron chi connectivity index (χ1n) is 18.4. The summed E-state index contributed by atoms with van der Waals surface area (Å²) in [5.74, 6) is 5.78. The number of terminal acetylenes is 3. The molecule has 0 aliphatic rings. The van der Waals surface area contributed by atoms with Gasteiger partial charge in [-0.05, 0) is 49.7 Å². The summed E-state index contributed by atoms with van der Waals surface area (Å²) in [6, 6.07) is 0. The average molecular weight is 833 g/mol. The van der Waals surface area contributed by atoms with Gasteiger partial charge in [0.05, 0.1) is 66.1 Å². The maximum Gasteiger partial charge on any atom is 0.386 e. The zero-order chi connectivity index (χ0) is 41.6. The van der Waals surface area contributed by atoms with Crippen LogP contribution in [0.15, 0.2) is 0 Å². The Bertz CT molecular complexity index is 1160. The molecule has 0 aliphatic heterocycles. The first-order chi connectivity index (χ1) is 27.0. The molecule has 318 valence electrons. The van der Waals surface area contributed by atoms with Crippen LogP contribution in [0, 0.1) is 37.0 Å². The highest BCUT2D eigenvalue weighted by Gasteiger charge is 2.33. The molecule has 0 aromatic rings. The van der Waals surface area contributed by atoms with E-state index in [1.165, 1.54) is 6.26 Å². The molecular formula is C37H61N4O13PS. The van der Waals surface area contributed by atoms with Crippen LogP contribution in [0.1, 0.15) is 57.8 Å². The van der Waals surface area contributed by atoms with Gasteiger partial charge in [0.2, 0.25) is 23.6 Å². The van der Waals surface area contributed by atoms with Gasteiger partial charge in [-0.15, -0.1) is 19.3 Å². The third-order valence-electron chi connectivity index (χ3n) is 7.56. The fraction of sp³-hybridized carbons (Fsp3) is 0.730. The smallest absolute Gasteiger partial charge is 0.377 e. The molecule has 17 nitrogen and oxygen atoms in total. The van der Waals surface area contributed by atoms with Crippen molar-refractivity contribution in [3.8, 4) is 37.0 Å². The Morgan fingerprint density at radius 2 is 0.946 bits per heavy atom. The number of carbonyl (C=O) groups is 4. The van der Waals surface area contributed by atoms with Gasteiger partial charge in [-0.3, -0.25) is 19.2 Å². The normalized spacial score (nSPS) is 12.1. The molecule has 0 fully saturated rings. The van der Waals surface area contributed by atoms with Gasteiger partial charge in [0.25, 0.3) is 0 Å². The molecule has 0 bridgehead atoms. The Kier molecular flexibility index (Phi) is 34.1. The molecule has 0 radical (unpaired) electrons. The van der Waals surface area contributed by atoms with Gasteiger partial charge < -0.3 is 59.1 Å². The van der Waals surface area contributed by atoms with E-state index in [4.69, 9.17) is 52.2 Å². The lowest BCUT2D eigenvalue weighted by atomic mass is 9.83. The van der Waals surface area contributed by atoms with Crippen LogP contribution in [-0.4, -0.2) is 146 Å². The van der Waals surface area contributed by atoms with Gasteiger partial charge in [0.1, 0.15) is 19.8 Å². The van der Waals surface area contributed by atoms with Crippen LogP contribution in [0.3, 0.4) is 0 Å². The molecule has 4 amide bonds. The van der Waals surface area contributed by atoms with Gasteiger partial charge in [-0.25, -0.2) is 4.57 Å². The minimum atomic E-state index is -3.74. The highest BCUT2D eigenvalue weighted by molar-refractivity contribution is 8.54. The van der Waals surface area contributed by atoms with Gasteiger partial charge in [-0.1, -0.05) is 17.8 Å². The zero-order valence-corrected chi connectivity index (χ0v) is 34.3. The molecular weight excluding hydrogens is 771 g/mol. The predicted octanol–water partition coefficient (Wildman–Crippen LogP) is 1.18. The molecule has 0 aromatic carbocycles. The lowest BCUT2D eigenvalue weighted by Gasteiger charge is -2.35. The third kappa shape index (κ3) is 33.0. The van der Waals surface area contributed by atoms with Crippen molar-refractivity contribution < 1.29 is 61.6 Å². The summed E-state index contributed by atoms with van der Waals surface area (Å²) in [4.78, 5) is 61.8. The van der Waals surface area contributed by atoms with Crippen molar-refractivity contribution in [3.63, 3.8) is 0 Å². The lowest BCUT2D eigenvalue weighted by Crippen LogP contribution is -2.50. The standard InChI is InChI=1S/C37H61N4O13PS/c1-5-20-48-27-30-51-24-17-38-33(42)11-14-37(41-36(45)10-8-9-23-54-55(46,47)56-4,15-12-34(43)39-18-25-52-31-28-49-21-6-2)16-13-35(44)40-19-26-53-32-29-50-22-7-3/h1-3H,8-32H2,4H3,(H,38,42)(H,39,43)(H,40,44)(H,41,45)(H,46,47). The lowest BCUT2D eigenvalue weighted by molar-refractivity contribution is -0.127. The van der Waals surface area contributed by atoms with E-state index in [1.807, 2.05) is 0 Å². The highest BCUT2D eigenvalue weighted by Crippen LogP contribution is 2.53. The molecule has 0 saturated carbocycles. The van der Waals surface area contributed by atoms with Crippen LogP contribution >= 0.6 is 18.2 Å². The number of hydrogen-bond donors (Lipinski definition) is 5. The second kappa shape index (κ2) is 36.2. The number of hydrogen-bond acceptors (Lipinski definition) is 13. The number of unbranched alkanes of at least 4 members (excludes halogenated alkanes) is 1. The van der Waals surface area contributed by atoms with Crippen molar-refractivity contribution in [3.05, 3.63) is 0 Å². The van der Waals surface area contributed by atoms with Crippen LogP contribution in [0.4, 0.5) is 0 Å². The van der Waals surface area contributed by atoms with E-state index in [2.05, 4.69) is 39.0 Å². The van der Waals surface area contributed by atoms with E-state index in [9.17, 15) is 28.6 Å². The van der Waals surface area contributed by atoms with Gasteiger partial charge >= 0.3 is 6.80 Å².